The molecule has 11 aromatic rings. The molecule has 2 unspecified atom stereocenters. The van der Waals surface area contributed by atoms with E-state index in [-0.39, 0.29) is 0 Å². The average molecular weight is 744 g/mol. The van der Waals surface area contributed by atoms with Crippen LogP contribution in [0.4, 0.5) is 11.4 Å². The normalized spacial score (nSPS) is 16.4. The lowest BCUT2D eigenvalue weighted by Crippen LogP contribution is -2.30. The summed E-state index contributed by atoms with van der Waals surface area (Å²) in [5, 5.41) is 7.05. The number of allylic oxidation sites excluding steroid dienone is 1. The molecule has 4 heteroatoms. The van der Waals surface area contributed by atoms with Crippen molar-refractivity contribution in [3.8, 4) is 22.5 Å². The van der Waals surface area contributed by atoms with Gasteiger partial charge in [0.15, 0.2) is 0 Å². The predicted octanol–water partition coefficient (Wildman–Crippen LogP) is 14.4. The molecule has 274 valence electrons. The zero-order valence-electron chi connectivity index (χ0n) is 31.7. The van der Waals surface area contributed by atoms with Crippen LogP contribution in [-0.2, 0) is 0 Å². The highest BCUT2D eigenvalue weighted by molar-refractivity contribution is 6.31. The Hall–Kier alpha value is -7.30. The van der Waals surface area contributed by atoms with Crippen molar-refractivity contribution in [2.24, 2.45) is 0 Å². The summed E-state index contributed by atoms with van der Waals surface area (Å²) in [6, 6.07) is 64.7. The van der Waals surface area contributed by atoms with Crippen molar-refractivity contribution in [3.05, 3.63) is 194 Å². The molecule has 0 radical (unpaired) electrons. The largest absolute Gasteiger partial charge is 0.455 e. The lowest BCUT2D eigenvalue weighted by atomic mass is 9.87. The Morgan fingerprint density at radius 2 is 1.14 bits per heavy atom. The molecule has 0 saturated heterocycles. The smallest absolute Gasteiger partial charge is 0.145 e. The number of hydrogen-bond donors (Lipinski definition) is 0. The number of hydrogen-bond acceptors (Lipinski definition) is 2. The van der Waals surface area contributed by atoms with Gasteiger partial charge in [0.25, 0.3) is 0 Å². The van der Waals surface area contributed by atoms with Crippen LogP contribution in [0, 0.1) is 0 Å². The molecule has 1 aliphatic carbocycles. The summed E-state index contributed by atoms with van der Waals surface area (Å²) >= 11 is 0. The minimum Gasteiger partial charge on any atom is -0.455 e. The van der Waals surface area contributed by atoms with Crippen molar-refractivity contribution in [1.29, 1.82) is 0 Å². The Balaban J connectivity index is 1.05. The van der Waals surface area contributed by atoms with E-state index in [1.165, 1.54) is 60.8 Å². The molecule has 1 aliphatic heterocycles. The number of benzene rings is 8. The molecule has 0 spiro atoms. The molecule has 2 atom stereocenters. The molecule has 0 N–H and O–H groups in total. The standard InChI is InChI=1S/C54H37N3O/c1-4-14-36(15-5-1)55-46-23-13-11-21-42(46)51-47(55)30-28-43-52-48(57(53(43)51)38-18-8-3-9-19-38)29-27-41-44-32-34(25-31-50(44)58-54(41)52)35-24-26-40-39-20-10-12-22-45(39)56(49(40)33-35)37-16-6-2-7-17-37/h1-11,13-21,23-33,39,45H,12,22H2. The first-order valence-electron chi connectivity index (χ1n) is 20.4. The van der Waals surface area contributed by atoms with Crippen LogP contribution in [0.5, 0.6) is 0 Å². The van der Waals surface area contributed by atoms with Gasteiger partial charge in [0.1, 0.15) is 11.2 Å². The number of rotatable bonds is 4. The second-order valence-corrected chi connectivity index (χ2v) is 15.9. The van der Waals surface area contributed by atoms with E-state index in [1.807, 2.05) is 0 Å². The zero-order valence-corrected chi connectivity index (χ0v) is 31.7. The molecule has 0 saturated carbocycles. The van der Waals surface area contributed by atoms with Gasteiger partial charge in [-0.15, -0.1) is 0 Å². The van der Waals surface area contributed by atoms with Crippen molar-refractivity contribution >= 4 is 76.9 Å². The average Bonchev–Trinajstić information content (AvgIpc) is 4.03. The maximum absolute atomic E-state index is 6.97. The van der Waals surface area contributed by atoms with E-state index < -0.39 is 0 Å². The first-order chi connectivity index (χ1) is 28.8. The van der Waals surface area contributed by atoms with E-state index >= 15 is 0 Å². The van der Waals surface area contributed by atoms with Crippen LogP contribution in [0.3, 0.4) is 0 Å². The molecule has 0 amide bonds. The van der Waals surface area contributed by atoms with Crippen LogP contribution in [0.1, 0.15) is 24.3 Å². The minimum absolute atomic E-state index is 0.412. The Morgan fingerprint density at radius 1 is 0.483 bits per heavy atom. The molecule has 4 heterocycles. The van der Waals surface area contributed by atoms with E-state index in [2.05, 4.69) is 202 Å². The van der Waals surface area contributed by atoms with Crippen molar-refractivity contribution in [2.45, 2.75) is 24.8 Å². The van der Waals surface area contributed by atoms with Gasteiger partial charge in [0, 0.05) is 61.6 Å². The number of anilines is 2. The van der Waals surface area contributed by atoms with E-state index in [4.69, 9.17) is 4.42 Å². The number of nitrogens with zero attached hydrogens (tertiary/aromatic N) is 3. The van der Waals surface area contributed by atoms with E-state index in [1.54, 1.807) is 0 Å². The van der Waals surface area contributed by atoms with Crippen LogP contribution < -0.4 is 4.90 Å². The Kier molecular flexibility index (Phi) is 6.65. The lowest BCUT2D eigenvalue weighted by molar-refractivity contribution is 0.565. The molecule has 13 rings (SSSR count). The highest BCUT2D eigenvalue weighted by Gasteiger charge is 2.39. The second kappa shape index (κ2) is 12.1. The molecule has 2 aliphatic rings. The highest BCUT2D eigenvalue weighted by Crippen LogP contribution is 2.51. The Morgan fingerprint density at radius 3 is 1.93 bits per heavy atom. The van der Waals surface area contributed by atoms with E-state index in [0.717, 1.165) is 57.1 Å². The number of aromatic nitrogens is 2. The molecule has 4 nitrogen and oxygen atoms in total. The molecule has 8 aromatic carbocycles. The van der Waals surface area contributed by atoms with Crippen LogP contribution in [-0.4, -0.2) is 15.2 Å². The second-order valence-electron chi connectivity index (χ2n) is 15.9. The van der Waals surface area contributed by atoms with E-state index in [9.17, 15) is 0 Å². The van der Waals surface area contributed by atoms with Crippen molar-refractivity contribution in [3.63, 3.8) is 0 Å². The molecule has 0 fully saturated rings. The number of para-hydroxylation sites is 4. The lowest BCUT2D eigenvalue weighted by Gasteiger charge is -2.31. The van der Waals surface area contributed by atoms with Crippen LogP contribution in [0.15, 0.2) is 192 Å². The van der Waals surface area contributed by atoms with Gasteiger partial charge in [-0.05, 0) is 114 Å². The summed E-state index contributed by atoms with van der Waals surface area (Å²) in [6.07, 6.45) is 7.07. The van der Waals surface area contributed by atoms with Crippen LogP contribution >= 0.6 is 0 Å². The van der Waals surface area contributed by atoms with Gasteiger partial charge in [0.2, 0.25) is 0 Å². The van der Waals surface area contributed by atoms with Crippen LogP contribution in [0.25, 0.3) is 88.1 Å². The molecular weight excluding hydrogens is 707 g/mol. The van der Waals surface area contributed by atoms with Gasteiger partial charge in [-0.3, -0.25) is 0 Å². The molecule has 0 bridgehead atoms. The van der Waals surface area contributed by atoms with Crippen molar-refractivity contribution < 1.29 is 4.42 Å². The van der Waals surface area contributed by atoms with Crippen molar-refractivity contribution in [2.75, 3.05) is 4.90 Å². The number of furan rings is 1. The maximum Gasteiger partial charge on any atom is 0.145 e. The minimum atomic E-state index is 0.412. The highest BCUT2D eigenvalue weighted by atomic mass is 16.3. The molecule has 3 aromatic heterocycles. The Labute approximate surface area is 335 Å². The van der Waals surface area contributed by atoms with E-state index in [0.29, 0.717) is 12.0 Å². The third-order valence-electron chi connectivity index (χ3n) is 12.9. The predicted molar refractivity (Wildman–Crippen MR) is 241 cm³/mol. The summed E-state index contributed by atoms with van der Waals surface area (Å²) in [7, 11) is 0. The first-order valence-corrected chi connectivity index (χ1v) is 20.4. The van der Waals surface area contributed by atoms with Crippen molar-refractivity contribution in [1.82, 2.24) is 9.13 Å². The molecule has 58 heavy (non-hydrogen) atoms. The third-order valence-corrected chi connectivity index (χ3v) is 12.9. The third kappa shape index (κ3) is 4.40. The fourth-order valence-electron chi connectivity index (χ4n) is 10.5. The van der Waals surface area contributed by atoms with Gasteiger partial charge >= 0.3 is 0 Å². The topological polar surface area (TPSA) is 26.2 Å². The summed E-state index contributed by atoms with van der Waals surface area (Å²) in [5.41, 5.74) is 15.2. The summed E-state index contributed by atoms with van der Waals surface area (Å²) in [4.78, 5) is 2.59. The summed E-state index contributed by atoms with van der Waals surface area (Å²) in [5.74, 6) is 0.412. The maximum atomic E-state index is 6.97. The summed E-state index contributed by atoms with van der Waals surface area (Å²) < 4.78 is 11.8. The fourth-order valence-corrected chi connectivity index (χ4v) is 10.5. The van der Waals surface area contributed by atoms with Gasteiger partial charge in [-0.1, -0.05) is 103 Å². The first kappa shape index (κ1) is 31.9. The van der Waals surface area contributed by atoms with Crippen LogP contribution in [0.2, 0.25) is 0 Å². The SMILES string of the molecule is C1=CC2c3ccc(-c4ccc5oc6c(ccc7c6c6ccc8c(c9ccccc9n8-c8ccccc8)c6n7-c6ccccc6)c5c4)cc3N(c3ccccc3)C2CC1. The van der Waals surface area contributed by atoms with Gasteiger partial charge < -0.3 is 18.5 Å². The summed E-state index contributed by atoms with van der Waals surface area (Å²) in [6.45, 7) is 0. The van der Waals surface area contributed by atoms with Gasteiger partial charge in [0.05, 0.1) is 27.5 Å². The zero-order chi connectivity index (χ0) is 37.9. The molecular formula is C54H37N3O. The van der Waals surface area contributed by atoms with Gasteiger partial charge in [-0.2, -0.15) is 0 Å². The quantitative estimate of drug-likeness (QED) is 0.168. The monoisotopic (exact) mass is 743 g/mol. The fraction of sp³-hybridized carbons (Fsp3) is 0.0741. The number of fused-ring (bicyclic) bond motifs is 14. The Bertz CT molecular complexity index is 3460. The van der Waals surface area contributed by atoms with Gasteiger partial charge in [-0.25, -0.2) is 0 Å².